The Morgan fingerprint density at radius 2 is 1.96 bits per heavy atom. The topological polar surface area (TPSA) is 34.4 Å². The lowest BCUT2D eigenvalue weighted by atomic mass is 10.2. The van der Waals surface area contributed by atoms with Gasteiger partial charge in [0.1, 0.15) is 0 Å². The van der Waals surface area contributed by atoms with Crippen molar-refractivity contribution in [3.05, 3.63) is 56.8 Å². The SMILES string of the molecule is CSc1cccc(C(=O)N=c2sc3c(Cl)ccc(Cl)c3n2C)c1. The smallest absolute Gasteiger partial charge is 0.279 e. The molecule has 23 heavy (non-hydrogen) atoms. The molecule has 0 N–H and O–H groups in total. The normalized spacial score (nSPS) is 12.1. The van der Waals surface area contributed by atoms with Crippen molar-refractivity contribution in [3.63, 3.8) is 0 Å². The van der Waals surface area contributed by atoms with Crippen LogP contribution in [0.5, 0.6) is 0 Å². The molecule has 0 saturated carbocycles. The Labute approximate surface area is 151 Å². The van der Waals surface area contributed by atoms with E-state index >= 15 is 0 Å². The zero-order valence-electron chi connectivity index (χ0n) is 12.3. The molecule has 2 aromatic carbocycles. The minimum atomic E-state index is -0.282. The monoisotopic (exact) mass is 382 g/mol. The van der Waals surface area contributed by atoms with Crippen LogP contribution < -0.4 is 4.80 Å². The summed E-state index contributed by atoms with van der Waals surface area (Å²) in [6.45, 7) is 0. The van der Waals surface area contributed by atoms with Gasteiger partial charge >= 0.3 is 0 Å². The molecule has 0 unspecified atom stereocenters. The van der Waals surface area contributed by atoms with Crippen LogP contribution in [0.4, 0.5) is 0 Å². The third kappa shape index (κ3) is 3.19. The number of carbonyl (C=O) groups excluding carboxylic acids is 1. The molecule has 0 aliphatic rings. The first-order chi connectivity index (χ1) is 11.0. The van der Waals surface area contributed by atoms with Crippen LogP contribution in [0.1, 0.15) is 10.4 Å². The highest BCUT2D eigenvalue weighted by Gasteiger charge is 2.12. The quantitative estimate of drug-likeness (QED) is 0.583. The Hall–Kier alpha value is -1.27. The lowest BCUT2D eigenvalue weighted by Gasteiger charge is -2.00. The van der Waals surface area contributed by atoms with Crippen LogP contribution in [0.25, 0.3) is 10.2 Å². The summed E-state index contributed by atoms with van der Waals surface area (Å²) in [4.78, 5) is 18.3. The number of thioether (sulfide) groups is 1. The van der Waals surface area contributed by atoms with Gasteiger partial charge in [0.2, 0.25) is 0 Å². The molecule has 0 saturated heterocycles. The van der Waals surface area contributed by atoms with Gasteiger partial charge in [-0.15, -0.1) is 11.8 Å². The van der Waals surface area contributed by atoms with Crippen LogP contribution in [0.15, 0.2) is 46.3 Å². The molecule has 0 radical (unpaired) electrons. The molecular formula is C16H12Cl2N2OS2. The van der Waals surface area contributed by atoms with Gasteiger partial charge in [0, 0.05) is 17.5 Å². The van der Waals surface area contributed by atoms with Gasteiger partial charge in [0.15, 0.2) is 4.80 Å². The van der Waals surface area contributed by atoms with Crippen molar-refractivity contribution in [2.75, 3.05) is 6.26 Å². The Morgan fingerprint density at radius 1 is 1.22 bits per heavy atom. The number of halogens is 2. The van der Waals surface area contributed by atoms with Crippen molar-refractivity contribution in [3.8, 4) is 0 Å². The number of benzene rings is 2. The number of aryl methyl sites for hydroxylation is 1. The standard InChI is InChI=1S/C16H12Cl2N2OS2/c1-20-13-11(17)6-7-12(18)14(13)23-16(20)19-15(21)9-4-3-5-10(8-9)22-2/h3-8H,1-2H3. The fraction of sp³-hybridized carbons (Fsp3) is 0.125. The molecule has 0 fully saturated rings. The first-order valence-corrected chi connectivity index (χ1v) is 9.47. The Balaban J connectivity index is 2.14. The van der Waals surface area contributed by atoms with Gasteiger partial charge in [-0.3, -0.25) is 4.79 Å². The number of aromatic nitrogens is 1. The Morgan fingerprint density at radius 3 is 2.65 bits per heavy atom. The van der Waals surface area contributed by atoms with Crippen molar-refractivity contribution < 1.29 is 4.79 Å². The third-order valence-electron chi connectivity index (χ3n) is 3.36. The van der Waals surface area contributed by atoms with Crippen LogP contribution in [0.2, 0.25) is 10.0 Å². The number of nitrogens with zero attached hydrogens (tertiary/aromatic N) is 2. The van der Waals surface area contributed by atoms with E-state index in [9.17, 15) is 4.79 Å². The Bertz CT molecular complexity index is 976. The van der Waals surface area contributed by atoms with Crippen molar-refractivity contribution in [2.45, 2.75) is 4.90 Å². The van der Waals surface area contributed by atoms with E-state index in [1.54, 1.807) is 34.5 Å². The molecule has 0 bridgehead atoms. The predicted molar refractivity (Wildman–Crippen MR) is 98.9 cm³/mol. The minimum absolute atomic E-state index is 0.282. The fourth-order valence-corrected chi connectivity index (χ4v) is 4.31. The maximum Gasteiger partial charge on any atom is 0.279 e. The number of thiazole rings is 1. The van der Waals surface area contributed by atoms with Gasteiger partial charge in [0.05, 0.1) is 20.3 Å². The van der Waals surface area contributed by atoms with Gasteiger partial charge in [-0.05, 0) is 36.6 Å². The van der Waals surface area contributed by atoms with Gasteiger partial charge in [0.25, 0.3) is 5.91 Å². The predicted octanol–water partition coefficient (Wildman–Crippen LogP) is 5.01. The molecule has 118 valence electrons. The number of rotatable bonds is 2. The van der Waals surface area contributed by atoms with Crippen LogP contribution in [-0.4, -0.2) is 16.7 Å². The van der Waals surface area contributed by atoms with Crippen LogP contribution in [0.3, 0.4) is 0 Å². The summed E-state index contributed by atoms with van der Waals surface area (Å²) >= 11 is 15.4. The van der Waals surface area contributed by atoms with Crippen molar-refractivity contribution >= 4 is 62.4 Å². The van der Waals surface area contributed by atoms with E-state index in [0.717, 1.165) is 15.1 Å². The molecule has 0 aliphatic heterocycles. The molecule has 3 nitrogen and oxygen atoms in total. The number of hydrogen-bond acceptors (Lipinski definition) is 3. The van der Waals surface area contributed by atoms with Gasteiger partial charge in [-0.25, -0.2) is 0 Å². The number of amides is 1. The second-order valence-corrected chi connectivity index (χ2v) is 7.47. The number of fused-ring (bicyclic) bond motifs is 1. The number of hydrogen-bond donors (Lipinski definition) is 0. The molecule has 1 amide bonds. The van der Waals surface area contributed by atoms with E-state index in [-0.39, 0.29) is 5.91 Å². The molecule has 3 aromatic rings. The summed E-state index contributed by atoms with van der Waals surface area (Å²) in [6.07, 6.45) is 1.97. The maximum absolute atomic E-state index is 12.4. The van der Waals surface area contributed by atoms with Crippen molar-refractivity contribution in [1.29, 1.82) is 0 Å². The molecule has 0 aliphatic carbocycles. The lowest BCUT2D eigenvalue weighted by molar-refractivity contribution is 0.0997. The van der Waals surface area contributed by atoms with Crippen molar-refractivity contribution in [1.82, 2.24) is 4.57 Å². The first kappa shape index (κ1) is 16.6. The summed E-state index contributed by atoms with van der Waals surface area (Å²) in [5.41, 5.74) is 1.35. The molecule has 0 atom stereocenters. The summed E-state index contributed by atoms with van der Waals surface area (Å²) in [6, 6.07) is 10.9. The van der Waals surface area contributed by atoms with Crippen molar-refractivity contribution in [2.24, 2.45) is 12.0 Å². The molecule has 0 spiro atoms. The second kappa shape index (κ2) is 6.69. The van der Waals surface area contributed by atoms with Crippen LogP contribution in [0, 0.1) is 0 Å². The average Bonchev–Trinajstić information content (AvgIpc) is 2.89. The first-order valence-electron chi connectivity index (χ1n) is 6.68. The molecule has 1 heterocycles. The van der Waals surface area contributed by atoms with E-state index in [1.807, 2.05) is 31.5 Å². The summed E-state index contributed by atoms with van der Waals surface area (Å²) in [5.74, 6) is -0.282. The van der Waals surface area contributed by atoms with Gasteiger partial charge < -0.3 is 4.57 Å². The molecule has 7 heteroatoms. The largest absolute Gasteiger partial charge is 0.318 e. The third-order valence-corrected chi connectivity index (χ3v) is 5.99. The van der Waals surface area contributed by atoms with E-state index in [0.29, 0.717) is 20.4 Å². The van der Waals surface area contributed by atoms with E-state index < -0.39 is 0 Å². The van der Waals surface area contributed by atoms with E-state index in [4.69, 9.17) is 23.2 Å². The maximum atomic E-state index is 12.4. The van der Waals surface area contributed by atoms with Gasteiger partial charge in [-0.2, -0.15) is 4.99 Å². The summed E-state index contributed by atoms with van der Waals surface area (Å²) < 4.78 is 2.62. The number of carbonyl (C=O) groups is 1. The molecule has 3 rings (SSSR count). The molecule has 1 aromatic heterocycles. The zero-order chi connectivity index (χ0) is 16.6. The summed E-state index contributed by atoms with van der Waals surface area (Å²) in [7, 11) is 1.82. The Kier molecular flexibility index (Phi) is 4.82. The van der Waals surface area contributed by atoms with Crippen LogP contribution >= 0.6 is 46.3 Å². The lowest BCUT2D eigenvalue weighted by Crippen LogP contribution is -2.13. The van der Waals surface area contributed by atoms with E-state index in [1.165, 1.54) is 11.3 Å². The fourth-order valence-electron chi connectivity index (χ4n) is 2.19. The molecular weight excluding hydrogens is 371 g/mol. The highest BCUT2D eigenvalue weighted by atomic mass is 35.5. The minimum Gasteiger partial charge on any atom is -0.318 e. The second-order valence-electron chi connectivity index (χ2n) is 4.80. The van der Waals surface area contributed by atoms with Gasteiger partial charge in [-0.1, -0.05) is 40.6 Å². The average molecular weight is 383 g/mol. The van der Waals surface area contributed by atoms with E-state index in [2.05, 4.69) is 4.99 Å². The highest BCUT2D eigenvalue weighted by molar-refractivity contribution is 7.98. The summed E-state index contributed by atoms with van der Waals surface area (Å²) in [5, 5.41) is 1.18. The van der Waals surface area contributed by atoms with Crippen LogP contribution in [-0.2, 0) is 7.05 Å². The highest BCUT2D eigenvalue weighted by Crippen LogP contribution is 2.31. The zero-order valence-corrected chi connectivity index (χ0v) is 15.5.